The summed E-state index contributed by atoms with van der Waals surface area (Å²) in [6.45, 7) is 8.89. The molecule has 1 fully saturated rings. The third kappa shape index (κ3) is 7.99. The molecule has 1 heterocycles. The van der Waals surface area contributed by atoms with Crippen LogP contribution in [0.2, 0.25) is 0 Å². The van der Waals surface area contributed by atoms with Crippen LogP contribution in [-0.2, 0) is 4.74 Å². The average Bonchev–Trinajstić information content (AvgIpc) is 2.46. The second-order valence-electron chi connectivity index (χ2n) is 6.61. The number of piperidine rings is 1. The Morgan fingerprint density at radius 3 is 2.73 bits per heavy atom. The molecule has 0 aromatic rings. The summed E-state index contributed by atoms with van der Waals surface area (Å²) in [4.78, 5) is 6.93. The van der Waals surface area contributed by atoms with E-state index in [0.29, 0.717) is 5.41 Å². The molecular weight excluding hydrogens is 389 g/mol. The molecule has 1 aliphatic rings. The lowest BCUT2D eigenvalue weighted by molar-refractivity contribution is 0.142. The maximum Gasteiger partial charge on any atom is 0.193 e. The molecule has 0 spiro atoms. The van der Waals surface area contributed by atoms with Crippen LogP contribution < -0.4 is 5.32 Å². The Kier molecular flexibility index (Phi) is 12.4. The minimum Gasteiger partial charge on any atom is -0.385 e. The molecule has 1 atom stereocenters. The number of unbranched alkanes of at least 4 members (excludes halogenated alkanes) is 2. The van der Waals surface area contributed by atoms with Crippen molar-refractivity contribution in [3.63, 3.8) is 0 Å². The smallest absolute Gasteiger partial charge is 0.193 e. The topological polar surface area (TPSA) is 36.9 Å². The maximum atomic E-state index is 5.08. The molecule has 1 unspecified atom stereocenters. The fourth-order valence-electron chi connectivity index (χ4n) is 3.38. The molecule has 1 saturated heterocycles. The van der Waals surface area contributed by atoms with E-state index >= 15 is 0 Å². The summed E-state index contributed by atoms with van der Waals surface area (Å²) in [5.74, 6) is 1.09. The van der Waals surface area contributed by atoms with Crippen molar-refractivity contribution in [3.05, 3.63) is 0 Å². The SMILES string of the molecule is CCCC1(C)CCCN(C(=NC)NCCCCCOC)C1.I. The number of likely N-dealkylation sites (tertiary alicyclic amines) is 1. The van der Waals surface area contributed by atoms with Crippen LogP contribution in [0.15, 0.2) is 4.99 Å². The molecule has 0 saturated carbocycles. The van der Waals surface area contributed by atoms with E-state index in [-0.39, 0.29) is 24.0 Å². The van der Waals surface area contributed by atoms with Crippen LogP contribution in [-0.4, -0.2) is 51.3 Å². The number of guanidine groups is 1. The van der Waals surface area contributed by atoms with E-state index < -0.39 is 0 Å². The summed E-state index contributed by atoms with van der Waals surface area (Å²) in [6, 6.07) is 0. The van der Waals surface area contributed by atoms with Gasteiger partial charge in [-0.3, -0.25) is 4.99 Å². The number of nitrogens with one attached hydrogen (secondary N) is 1. The number of methoxy groups -OCH3 is 1. The fourth-order valence-corrected chi connectivity index (χ4v) is 3.38. The molecule has 1 rings (SSSR count). The molecule has 0 aromatic carbocycles. The lowest BCUT2D eigenvalue weighted by Gasteiger charge is -2.42. The van der Waals surface area contributed by atoms with Crippen molar-refractivity contribution in [2.45, 2.75) is 58.8 Å². The highest BCUT2D eigenvalue weighted by atomic mass is 127. The van der Waals surface area contributed by atoms with E-state index in [1.54, 1.807) is 7.11 Å². The highest BCUT2D eigenvalue weighted by molar-refractivity contribution is 14.0. The van der Waals surface area contributed by atoms with Gasteiger partial charge in [-0.05, 0) is 43.9 Å². The Balaban J connectivity index is 0.00000441. The van der Waals surface area contributed by atoms with Crippen LogP contribution >= 0.6 is 24.0 Å². The monoisotopic (exact) mass is 425 g/mol. The van der Waals surface area contributed by atoms with Gasteiger partial charge in [0.05, 0.1) is 0 Å². The molecule has 1 N–H and O–H groups in total. The van der Waals surface area contributed by atoms with Crippen LogP contribution in [0.3, 0.4) is 0 Å². The third-order valence-electron chi connectivity index (χ3n) is 4.45. The first-order valence-electron chi connectivity index (χ1n) is 8.60. The first-order valence-corrected chi connectivity index (χ1v) is 8.60. The predicted molar refractivity (Wildman–Crippen MR) is 106 cm³/mol. The molecule has 132 valence electrons. The van der Waals surface area contributed by atoms with Crippen molar-refractivity contribution >= 4 is 29.9 Å². The highest BCUT2D eigenvalue weighted by Crippen LogP contribution is 2.33. The predicted octanol–water partition coefficient (Wildman–Crippen LogP) is 3.90. The Morgan fingerprint density at radius 2 is 2.09 bits per heavy atom. The molecule has 0 amide bonds. The van der Waals surface area contributed by atoms with Crippen molar-refractivity contribution in [2.24, 2.45) is 10.4 Å². The summed E-state index contributed by atoms with van der Waals surface area (Å²) in [7, 11) is 3.67. The standard InChI is InChI=1S/C17H35N3O.HI/c1-5-10-17(2)11-9-13-20(15-17)16(18-3)19-12-7-6-8-14-21-4;/h5-15H2,1-4H3,(H,18,19);1H. The first kappa shape index (κ1) is 22.0. The molecule has 5 heteroatoms. The Morgan fingerprint density at radius 1 is 1.32 bits per heavy atom. The molecular formula is C17H36IN3O. The Bertz CT molecular complexity index is 308. The van der Waals surface area contributed by atoms with Crippen molar-refractivity contribution in [3.8, 4) is 0 Å². The molecule has 22 heavy (non-hydrogen) atoms. The largest absolute Gasteiger partial charge is 0.385 e. The zero-order valence-corrected chi connectivity index (χ0v) is 17.3. The van der Waals surface area contributed by atoms with Gasteiger partial charge in [0.1, 0.15) is 0 Å². The molecule has 0 aliphatic carbocycles. The van der Waals surface area contributed by atoms with Gasteiger partial charge in [0.25, 0.3) is 0 Å². The van der Waals surface area contributed by atoms with E-state index in [4.69, 9.17) is 4.74 Å². The number of nitrogens with zero attached hydrogens (tertiary/aromatic N) is 2. The van der Waals surface area contributed by atoms with E-state index in [0.717, 1.165) is 38.6 Å². The zero-order chi connectivity index (χ0) is 15.6. The minimum atomic E-state index is 0. The van der Waals surface area contributed by atoms with Crippen LogP contribution in [0.1, 0.15) is 58.8 Å². The lowest BCUT2D eigenvalue weighted by atomic mass is 9.78. The van der Waals surface area contributed by atoms with E-state index in [1.807, 2.05) is 7.05 Å². The second kappa shape index (κ2) is 12.4. The van der Waals surface area contributed by atoms with Crippen LogP contribution in [0.5, 0.6) is 0 Å². The van der Waals surface area contributed by atoms with Gasteiger partial charge in [-0.15, -0.1) is 24.0 Å². The summed E-state index contributed by atoms with van der Waals surface area (Å²) >= 11 is 0. The first-order chi connectivity index (χ1) is 10.1. The quantitative estimate of drug-likeness (QED) is 0.277. The zero-order valence-electron chi connectivity index (χ0n) is 15.0. The molecule has 0 radical (unpaired) electrons. The summed E-state index contributed by atoms with van der Waals surface area (Å²) < 4.78 is 5.08. The summed E-state index contributed by atoms with van der Waals surface area (Å²) in [5.41, 5.74) is 0.461. The molecule has 0 bridgehead atoms. The Labute approximate surface area is 154 Å². The van der Waals surface area contributed by atoms with Gasteiger partial charge < -0.3 is 15.0 Å². The van der Waals surface area contributed by atoms with Gasteiger partial charge >= 0.3 is 0 Å². The Hall–Kier alpha value is -0.0400. The molecule has 0 aromatic heterocycles. The minimum absolute atomic E-state index is 0. The van der Waals surface area contributed by atoms with E-state index in [9.17, 15) is 0 Å². The number of halogens is 1. The number of rotatable bonds is 8. The van der Waals surface area contributed by atoms with Crippen molar-refractivity contribution in [1.29, 1.82) is 0 Å². The van der Waals surface area contributed by atoms with Gasteiger partial charge in [-0.1, -0.05) is 20.3 Å². The summed E-state index contributed by atoms with van der Waals surface area (Å²) in [5, 5.41) is 3.53. The van der Waals surface area contributed by atoms with Gasteiger partial charge in [-0.25, -0.2) is 0 Å². The van der Waals surface area contributed by atoms with Crippen LogP contribution in [0, 0.1) is 5.41 Å². The van der Waals surface area contributed by atoms with Crippen molar-refractivity contribution in [1.82, 2.24) is 10.2 Å². The third-order valence-corrected chi connectivity index (χ3v) is 4.45. The molecule has 4 nitrogen and oxygen atoms in total. The number of hydrogen-bond donors (Lipinski definition) is 1. The number of hydrogen-bond acceptors (Lipinski definition) is 2. The van der Waals surface area contributed by atoms with E-state index in [1.165, 1.54) is 38.5 Å². The van der Waals surface area contributed by atoms with Crippen molar-refractivity contribution in [2.75, 3.05) is 40.4 Å². The van der Waals surface area contributed by atoms with E-state index in [2.05, 4.69) is 29.1 Å². The molecule has 1 aliphatic heterocycles. The highest BCUT2D eigenvalue weighted by Gasteiger charge is 2.31. The summed E-state index contributed by atoms with van der Waals surface area (Å²) in [6.07, 6.45) is 8.77. The second-order valence-corrected chi connectivity index (χ2v) is 6.61. The number of ether oxygens (including phenoxy) is 1. The number of aliphatic imine (C=N–C) groups is 1. The van der Waals surface area contributed by atoms with Crippen molar-refractivity contribution < 1.29 is 4.74 Å². The lowest BCUT2D eigenvalue weighted by Crippen LogP contribution is -2.49. The maximum absolute atomic E-state index is 5.08. The fraction of sp³-hybridized carbons (Fsp3) is 0.941. The van der Waals surface area contributed by atoms with Gasteiger partial charge in [0, 0.05) is 40.4 Å². The van der Waals surface area contributed by atoms with Crippen LogP contribution in [0.4, 0.5) is 0 Å². The average molecular weight is 425 g/mol. The van der Waals surface area contributed by atoms with Gasteiger partial charge in [-0.2, -0.15) is 0 Å². The normalized spacial score (nSPS) is 22.4. The van der Waals surface area contributed by atoms with Gasteiger partial charge in [0.15, 0.2) is 5.96 Å². The van der Waals surface area contributed by atoms with Gasteiger partial charge in [0.2, 0.25) is 0 Å². The van der Waals surface area contributed by atoms with Crippen LogP contribution in [0.25, 0.3) is 0 Å².